The van der Waals surface area contributed by atoms with Crippen LogP contribution in [0.1, 0.15) is 35.6 Å². The molecule has 0 saturated heterocycles. The zero-order valence-corrected chi connectivity index (χ0v) is 24.4. The fraction of sp³-hybridized carbons (Fsp3) is 0.333. The van der Waals surface area contributed by atoms with Crippen molar-refractivity contribution in [1.29, 1.82) is 0 Å². The van der Waals surface area contributed by atoms with E-state index in [4.69, 9.17) is 11.6 Å². The van der Waals surface area contributed by atoms with Crippen molar-refractivity contribution >= 4 is 39.1 Å². The molecule has 0 aliphatic rings. The van der Waals surface area contributed by atoms with Crippen molar-refractivity contribution < 1.29 is 18.0 Å². The van der Waals surface area contributed by atoms with Crippen molar-refractivity contribution in [3.05, 3.63) is 100 Å². The topological polar surface area (TPSA) is 86.8 Å². The normalized spacial score (nSPS) is 12.0. The van der Waals surface area contributed by atoms with Gasteiger partial charge in [0, 0.05) is 24.5 Å². The fourth-order valence-electron chi connectivity index (χ4n) is 4.33. The first-order chi connectivity index (χ1) is 18.5. The highest BCUT2D eigenvalue weighted by Gasteiger charge is 2.33. The number of amides is 2. The Hall–Kier alpha value is -3.36. The summed E-state index contributed by atoms with van der Waals surface area (Å²) < 4.78 is 27.0. The van der Waals surface area contributed by atoms with Crippen LogP contribution in [0.4, 0.5) is 5.69 Å². The number of carbonyl (C=O) groups is 2. The maximum atomic E-state index is 14.1. The van der Waals surface area contributed by atoms with Crippen molar-refractivity contribution in [2.75, 3.05) is 23.7 Å². The largest absolute Gasteiger partial charge is 0.354 e. The van der Waals surface area contributed by atoms with Crippen LogP contribution in [0.5, 0.6) is 0 Å². The summed E-state index contributed by atoms with van der Waals surface area (Å²) in [5.41, 5.74) is 3.64. The van der Waals surface area contributed by atoms with E-state index in [1.54, 1.807) is 31.2 Å². The Morgan fingerprint density at radius 1 is 0.949 bits per heavy atom. The van der Waals surface area contributed by atoms with Crippen LogP contribution in [-0.2, 0) is 32.6 Å². The lowest BCUT2D eigenvalue weighted by molar-refractivity contribution is -0.140. The van der Waals surface area contributed by atoms with Gasteiger partial charge in [-0.3, -0.25) is 13.9 Å². The molecule has 0 aromatic heterocycles. The molecule has 3 aromatic carbocycles. The summed E-state index contributed by atoms with van der Waals surface area (Å²) in [6.07, 6.45) is 2.09. The average molecular weight is 570 g/mol. The number of nitrogens with one attached hydrogen (secondary N) is 1. The summed E-state index contributed by atoms with van der Waals surface area (Å²) in [6, 6.07) is 21.1. The number of sulfonamides is 1. The summed E-state index contributed by atoms with van der Waals surface area (Å²) in [4.78, 5) is 29.0. The first-order valence-electron chi connectivity index (χ1n) is 12.9. The molecule has 0 radical (unpaired) electrons. The van der Waals surface area contributed by atoms with Gasteiger partial charge in [-0.15, -0.1) is 0 Å². The molecule has 1 atom stereocenters. The summed E-state index contributed by atoms with van der Waals surface area (Å²) in [7, 11) is -3.82. The number of nitrogens with zero attached hydrogens (tertiary/aromatic N) is 2. The summed E-state index contributed by atoms with van der Waals surface area (Å²) in [5.74, 6) is -0.789. The number of halogens is 1. The quantitative estimate of drug-likeness (QED) is 0.336. The third-order valence-electron chi connectivity index (χ3n) is 6.37. The van der Waals surface area contributed by atoms with E-state index in [1.807, 2.05) is 62.4 Å². The molecule has 39 heavy (non-hydrogen) atoms. The minimum atomic E-state index is -3.82. The maximum Gasteiger partial charge on any atom is 0.244 e. The molecule has 7 nitrogen and oxygen atoms in total. The predicted molar refractivity (Wildman–Crippen MR) is 157 cm³/mol. The van der Waals surface area contributed by atoms with Gasteiger partial charge in [0.1, 0.15) is 12.6 Å². The number of aryl methyl sites for hydroxylation is 2. The average Bonchev–Trinajstić information content (AvgIpc) is 2.89. The van der Waals surface area contributed by atoms with E-state index in [9.17, 15) is 18.0 Å². The second-order valence-electron chi connectivity index (χ2n) is 9.71. The molecule has 2 amide bonds. The lowest BCUT2D eigenvalue weighted by atomic mass is 10.0. The fourth-order valence-corrected chi connectivity index (χ4v) is 5.45. The van der Waals surface area contributed by atoms with E-state index in [0.717, 1.165) is 39.2 Å². The number of hydrogen-bond donors (Lipinski definition) is 1. The Morgan fingerprint density at radius 3 is 2.28 bits per heavy atom. The Labute approximate surface area is 236 Å². The smallest absolute Gasteiger partial charge is 0.244 e. The SMILES string of the molecule is CCCNC(=O)C(Cc1ccccc1)N(Cc1cccc(Cl)c1)C(=O)CN(c1cc(C)ccc1C)S(C)(=O)=O. The monoisotopic (exact) mass is 569 g/mol. The second-order valence-corrected chi connectivity index (χ2v) is 12.1. The molecule has 0 heterocycles. The summed E-state index contributed by atoms with van der Waals surface area (Å²) in [5, 5.41) is 3.43. The third-order valence-corrected chi connectivity index (χ3v) is 7.74. The number of hydrogen-bond acceptors (Lipinski definition) is 4. The van der Waals surface area contributed by atoms with Gasteiger partial charge in [0.2, 0.25) is 21.8 Å². The Morgan fingerprint density at radius 2 is 1.64 bits per heavy atom. The molecule has 0 aliphatic carbocycles. The highest BCUT2D eigenvalue weighted by molar-refractivity contribution is 7.92. The Bertz CT molecular complexity index is 1400. The van der Waals surface area contributed by atoms with Gasteiger partial charge < -0.3 is 10.2 Å². The molecule has 3 rings (SSSR count). The Kier molecular flexibility index (Phi) is 10.5. The number of rotatable bonds is 12. The molecule has 0 spiro atoms. The molecule has 3 aromatic rings. The van der Waals surface area contributed by atoms with Gasteiger partial charge in [0.15, 0.2) is 0 Å². The van der Waals surface area contributed by atoms with Crippen LogP contribution >= 0.6 is 11.6 Å². The van der Waals surface area contributed by atoms with E-state index in [2.05, 4.69) is 5.32 Å². The van der Waals surface area contributed by atoms with E-state index >= 15 is 0 Å². The number of benzene rings is 3. The van der Waals surface area contributed by atoms with Crippen LogP contribution in [0.15, 0.2) is 72.8 Å². The lowest BCUT2D eigenvalue weighted by Gasteiger charge is -2.34. The number of carbonyl (C=O) groups excluding carboxylic acids is 2. The molecule has 1 N–H and O–H groups in total. The van der Waals surface area contributed by atoms with Gasteiger partial charge in [-0.1, -0.05) is 73.1 Å². The zero-order valence-electron chi connectivity index (χ0n) is 22.9. The predicted octanol–water partition coefficient (Wildman–Crippen LogP) is 4.89. The minimum Gasteiger partial charge on any atom is -0.354 e. The maximum absolute atomic E-state index is 14.1. The van der Waals surface area contributed by atoms with Crippen LogP contribution in [0.3, 0.4) is 0 Å². The van der Waals surface area contributed by atoms with E-state index in [1.165, 1.54) is 4.90 Å². The van der Waals surface area contributed by atoms with Crippen molar-refractivity contribution in [3.63, 3.8) is 0 Å². The minimum absolute atomic E-state index is 0.0842. The molecule has 208 valence electrons. The molecule has 0 saturated carbocycles. The molecular weight excluding hydrogens is 534 g/mol. The lowest BCUT2D eigenvalue weighted by Crippen LogP contribution is -2.53. The number of anilines is 1. The van der Waals surface area contributed by atoms with Crippen LogP contribution in [-0.4, -0.2) is 50.5 Å². The summed E-state index contributed by atoms with van der Waals surface area (Å²) in [6.45, 7) is 5.72. The molecule has 0 aliphatic heterocycles. The van der Waals surface area contributed by atoms with Gasteiger partial charge in [0.25, 0.3) is 0 Å². The molecule has 9 heteroatoms. The van der Waals surface area contributed by atoms with Crippen molar-refractivity contribution in [3.8, 4) is 0 Å². The van der Waals surface area contributed by atoms with E-state index in [0.29, 0.717) is 17.3 Å². The van der Waals surface area contributed by atoms with Crippen molar-refractivity contribution in [2.45, 2.75) is 46.2 Å². The van der Waals surface area contributed by atoms with Crippen LogP contribution < -0.4 is 9.62 Å². The molecule has 0 bridgehead atoms. The van der Waals surface area contributed by atoms with Gasteiger partial charge >= 0.3 is 0 Å². The highest BCUT2D eigenvalue weighted by Crippen LogP contribution is 2.25. The molecular formula is C30H36ClN3O4S. The van der Waals surface area contributed by atoms with Gasteiger partial charge in [-0.05, 0) is 60.7 Å². The first-order valence-corrected chi connectivity index (χ1v) is 15.1. The van der Waals surface area contributed by atoms with Crippen LogP contribution in [0.2, 0.25) is 5.02 Å². The van der Waals surface area contributed by atoms with Crippen molar-refractivity contribution in [1.82, 2.24) is 10.2 Å². The molecule has 1 unspecified atom stereocenters. The van der Waals surface area contributed by atoms with Gasteiger partial charge in [0.05, 0.1) is 11.9 Å². The second kappa shape index (κ2) is 13.6. The van der Waals surface area contributed by atoms with E-state index in [-0.39, 0.29) is 18.9 Å². The van der Waals surface area contributed by atoms with Gasteiger partial charge in [-0.25, -0.2) is 8.42 Å². The first kappa shape index (κ1) is 30.2. The van der Waals surface area contributed by atoms with Gasteiger partial charge in [-0.2, -0.15) is 0 Å². The standard InChI is InChI=1S/C30H36ClN3O4S/c1-5-16-32-30(36)28(19-24-10-7-6-8-11-24)33(20-25-12-9-13-26(31)18-25)29(35)21-34(39(4,37)38)27-17-22(2)14-15-23(27)3/h6-15,17-18,28H,5,16,19-21H2,1-4H3,(H,32,36). The van der Waals surface area contributed by atoms with Crippen molar-refractivity contribution in [2.24, 2.45) is 0 Å². The summed E-state index contributed by atoms with van der Waals surface area (Å²) >= 11 is 6.23. The Balaban J connectivity index is 2.07. The van der Waals surface area contributed by atoms with E-state index < -0.39 is 28.5 Å². The highest BCUT2D eigenvalue weighted by atomic mass is 35.5. The third kappa shape index (κ3) is 8.57. The van der Waals surface area contributed by atoms with Crippen LogP contribution in [0, 0.1) is 13.8 Å². The zero-order chi connectivity index (χ0) is 28.6. The molecule has 0 fully saturated rings. The van der Waals surface area contributed by atoms with Crippen LogP contribution in [0.25, 0.3) is 0 Å².